The van der Waals surface area contributed by atoms with Gasteiger partial charge >= 0.3 is 0 Å². The van der Waals surface area contributed by atoms with Crippen LogP contribution in [0.3, 0.4) is 0 Å². The summed E-state index contributed by atoms with van der Waals surface area (Å²) in [7, 11) is 0. The van der Waals surface area contributed by atoms with Crippen molar-refractivity contribution in [2.45, 2.75) is 39.7 Å². The second kappa shape index (κ2) is 7.13. The summed E-state index contributed by atoms with van der Waals surface area (Å²) in [4.78, 5) is 18.0. The van der Waals surface area contributed by atoms with Gasteiger partial charge in [-0.2, -0.15) is 5.26 Å². The number of nitrogens with zero attached hydrogens (tertiary/aromatic N) is 2. The number of rotatable bonds is 3. The number of anilines is 2. The number of aromatic nitrogens is 1. The van der Waals surface area contributed by atoms with E-state index < -0.39 is 5.54 Å². The first-order valence-corrected chi connectivity index (χ1v) is 9.81. The number of nitrogen functional groups attached to an aromatic ring is 2. The van der Waals surface area contributed by atoms with E-state index in [1.165, 1.54) is 16.9 Å². The monoisotopic (exact) mass is 393 g/mol. The number of hydrogen-bond acceptors (Lipinski definition) is 6. The van der Waals surface area contributed by atoms with Crippen molar-refractivity contribution in [1.82, 2.24) is 10.3 Å². The van der Waals surface area contributed by atoms with Gasteiger partial charge < -0.3 is 16.8 Å². The molecule has 0 saturated carbocycles. The molecule has 28 heavy (non-hydrogen) atoms. The highest BCUT2D eigenvalue weighted by atomic mass is 32.1. The van der Waals surface area contributed by atoms with E-state index in [4.69, 9.17) is 11.5 Å². The molecule has 7 heteroatoms. The van der Waals surface area contributed by atoms with Crippen LogP contribution in [-0.2, 0) is 6.42 Å². The standard InChI is InChI=1S/C21H23N5OS/c1-5-11-6-8-12(9-7-11)14-13(10-22)18(24)25-20-15(14)16(23)17(28-20)19(27)26-21(2,3)4/h6-9H,5,23H2,1-4H3,(H2,24,25)(H,26,27). The number of nitrogens with one attached hydrogen (secondary N) is 1. The van der Waals surface area contributed by atoms with Gasteiger partial charge in [0.05, 0.1) is 5.69 Å². The van der Waals surface area contributed by atoms with Gasteiger partial charge in [-0.25, -0.2) is 4.98 Å². The van der Waals surface area contributed by atoms with E-state index in [9.17, 15) is 10.1 Å². The molecule has 5 N–H and O–H groups in total. The maximum atomic E-state index is 12.7. The fourth-order valence-electron chi connectivity index (χ4n) is 3.05. The lowest BCUT2D eigenvalue weighted by molar-refractivity contribution is 0.0924. The van der Waals surface area contributed by atoms with Gasteiger partial charge in [0.1, 0.15) is 27.2 Å². The Morgan fingerprint density at radius 1 is 1.25 bits per heavy atom. The minimum absolute atomic E-state index is 0.133. The summed E-state index contributed by atoms with van der Waals surface area (Å²) >= 11 is 1.18. The van der Waals surface area contributed by atoms with Crippen molar-refractivity contribution in [2.24, 2.45) is 0 Å². The van der Waals surface area contributed by atoms with Crippen molar-refractivity contribution >= 4 is 39.0 Å². The predicted octanol–water partition coefficient (Wildman–Crippen LogP) is 4.09. The molecule has 6 nitrogen and oxygen atoms in total. The molecule has 3 aromatic rings. The third-order valence-electron chi connectivity index (χ3n) is 4.36. The number of thiophene rings is 1. The van der Waals surface area contributed by atoms with Gasteiger partial charge in [-0.15, -0.1) is 11.3 Å². The first-order chi connectivity index (χ1) is 13.2. The molecule has 2 aromatic heterocycles. The Balaban J connectivity index is 2.29. The van der Waals surface area contributed by atoms with Crippen LogP contribution in [0, 0.1) is 11.3 Å². The van der Waals surface area contributed by atoms with Gasteiger partial charge in [0.15, 0.2) is 0 Å². The van der Waals surface area contributed by atoms with Crippen molar-refractivity contribution in [3.63, 3.8) is 0 Å². The fraction of sp³-hybridized carbons (Fsp3) is 0.286. The summed E-state index contributed by atoms with van der Waals surface area (Å²) in [6, 6.07) is 10.1. The molecule has 2 heterocycles. The predicted molar refractivity (Wildman–Crippen MR) is 115 cm³/mol. The van der Waals surface area contributed by atoms with Crippen molar-refractivity contribution in [3.8, 4) is 17.2 Å². The number of amides is 1. The topological polar surface area (TPSA) is 118 Å². The third-order valence-corrected chi connectivity index (χ3v) is 5.46. The van der Waals surface area contributed by atoms with E-state index in [0.29, 0.717) is 26.3 Å². The van der Waals surface area contributed by atoms with Crippen molar-refractivity contribution in [1.29, 1.82) is 5.26 Å². The van der Waals surface area contributed by atoms with E-state index in [1.54, 1.807) is 0 Å². The first-order valence-electron chi connectivity index (χ1n) is 8.99. The van der Waals surface area contributed by atoms with Gasteiger partial charge in [-0.3, -0.25) is 4.79 Å². The van der Waals surface area contributed by atoms with Crippen LogP contribution < -0.4 is 16.8 Å². The Labute approximate surface area is 168 Å². The number of nitrogens with two attached hydrogens (primary N) is 2. The quantitative estimate of drug-likeness (QED) is 0.619. The van der Waals surface area contributed by atoms with Gasteiger partial charge in [-0.1, -0.05) is 31.2 Å². The third kappa shape index (κ3) is 3.51. The highest BCUT2D eigenvalue weighted by Crippen LogP contribution is 2.42. The molecular weight excluding hydrogens is 370 g/mol. The van der Waals surface area contributed by atoms with Crippen LogP contribution in [0.25, 0.3) is 21.3 Å². The molecule has 0 atom stereocenters. The molecule has 0 aliphatic carbocycles. The molecule has 1 aromatic carbocycles. The summed E-state index contributed by atoms with van der Waals surface area (Å²) in [6.45, 7) is 7.78. The second-order valence-electron chi connectivity index (χ2n) is 7.64. The van der Waals surface area contributed by atoms with Gasteiger partial charge in [0, 0.05) is 16.5 Å². The molecule has 144 valence electrons. The van der Waals surface area contributed by atoms with Gasteiger partial charge in [0.2, 0.25) is 0 Å². The van der Waals surface area contributed by atoms with Crippen LogP contribution in [0.1, 0.15) is 48.5 Å². The summed E-state index contributed by atoms with van der Waals surface area (Å²) in [5.74, 6) is -0.133. The van der Waals surface area contributed by atoms with Crippen LogP contribution >= 0.6 is 11.3 Å². The Hall–Kier alpha value is -3.11. The number of fused-ring (bicyclic) bond motifs is 1. The molecule has 0 saturated heterocycles. The zero-order valence-corrected chi connectivity index (χ0v) is 17.2. The van der Waals surface area contributed by atoms with E-state index >= 15 is 0 Å². The van der Waals surface area contributed by atoms with Crippen molar-refractivity contribution in [3.05, 3.63) is 40.3 Å². The molecule has 0 radical (unpaired) electrons. The Morgan fingerprint density at radius 3 is 2.43 bits per heavy atom. The van der Waals surface area contributed by atoms with Gasteiger partial charge in [-0.05, 0) is 38.3 Å². The van der Waals surface area contributed by atoms with E-state index in [2.05, 4.69) is 23.3 Å². The molecule has 3 rings (SSSR count). The maximum Gasteiger partial charge on any atom is 0.263 e. The number of aryl methyl sites for hydroxylation is 1. The molecule has 0 aliphatic rings. The molecule has 0 aliphatic heterocycles. The number of nitriles is 1. The molecule has 0 bridgehead atoms. The van der Waals surface area contributed by atoms with Crippen molar-refractivity contribution < 1.29 is 4.79 Å². The summed E-state index contributed by atoms with van der Waals surface area (Å²) in [5, 5.41) is 13.2. The molecular formula is C21H23N5OS. The minimum atomic E-state index is -0.400. The average molecular weight is 394 g/mol. The Kier molecular flexibility index (Phi) is 5.01. The first kappa shape index (κ1) is 19.6. The SMILES string of the molecule is CCc1ccc(-c2c(C#N)c(N)nc3sc(C(=O)NC(C)(C)C)c(N)c23)cc1. The molecule has 0 fully saturated rings. The van der Waals surface area contributed by atoms with Crippen molar-refractivity contribution in [2.75, 3.05) is 11.5 Å². The maximum absolute atomic E-state index is 12.7. The summed E-state index contributed by atoms with van der Waals surface area (Å²) in [5.41, 5.74) is 15.3. The smallest absolute Gasteiger partial charge is 0.263 e. The number of hydrogen-bond donors (Lipinski definition) is 3. The Morgan fingerprint density at radius 2 is 1.89 bits per heavy atom. The van der Waals surface area contributed by atoms with Crippen LogP contribution in [0.4, 0.5) is 11.5 Å². The number of carbonyl (C=O) groups excluding carboxylic acids is 1. The van der Waals surface area contributed by atoms with E-state index in [-0.39, 0.29) is 17.3 Å². The lowest BCUT2D eigenvalue weighted by Gasteiger charge is -2.20. The zero-order chi connectivity index (χ0) is 20.6. The van der Waals surface area contributed by atoms with E-state index in [0.717, 1.165) is 12.0 Å². The van der Waals surface area contributed by atoms with Crippen LogP contribution in [0.15, 0.2) is 24.3 Å². The number of pyridine rings is 1. The number of benzene rings is 1. The van der Waals surface area contributed by atoms with Gasteiger partial charge in [0.25, 0.3) is 5.91 Å². The molecule has 1 amide bonds. The van der Waals surface area contributed by atoms with Crippen LogP contribution in [0.2, 0.25) is 0 Å². The lowest BCUT2D eigenvalue weighted by Crippen LogP contribution is -2.40. The normalized spacial score (nSPS) is 11.4. The lowest BCUT2D eigenvalue weighted by atomic mass is 9.96. The second-order valence-corrected chi connectivity index (χ2v) is 8.64. The fourth-order valence-corrected chi connectivity index (χ4v) is 4.05. The highest BCUT2D eigenvalue weighted by Gasteiger charge is 2.25. The minimum Gasteiger partial charge on any atom is -0.397 e. The highest BCUT2D eigenvalue weighted by molar-refractivity contribution is 7.21. The van der Waals surface area contributed by atoms with Crippen LogP contribution in [-0.4, -0.2) is 16.4 Å². The summed E-state index contributed by atoms with van der Waals surface area (Å²) < 4.78 is 0. The average Bonchev–Trinajstić information content (AvgIpc) is 2.95. The summed E-state index contributed by atoms with van der Waals surface area (Å²) in [6.07, 6.45) is 0.914. The Bertz CT molecular complexity index is 1100. The van der Waals surface area contributed by atoms with Crippen LogP contribution in [0.5, 0.6) is 0 Å². The van der Waals surface area contributed by atoms with E-state index in [1.807, 2.05) is 45.0 Å². The molecule has 0 spiro atoms. The zero-order valence-electron chi connectivity index (χ0n) is 16.4. The number of carbonyl (C=O) groups is 1. The molecule has 0 unspecified atom stereocenters. The largest absolute Gasteiger partial charge is 0.397 e.